The minimum Gasteiger partial charge on any atom is -0.382 e. The Balaban J connectivity index is 1.56. The highest BCUT2D eigenvalue weighted by Crippen LogP contribution is 2.30. The predicted octanol–water partition coefficient (Wildman–Crippen LogP) is 3.19. The summed E-state index contributed by atoms with van der Waals surface area (Å²) in [5.74, 6) is 0.0572. The van der Waals surface area contributed by atoms with Gasteiger partial charge >= 0.3 is 6.18 Å². The first-order valence-electron chi connectivity index (χ1n) is 9.97. The molecule has 0 bridgehead atoms. The van der Waals surface area contributed by atoms with Crippen LogP contribution >= 0.6 is 0 Å². The van der Waals surface area contributed by atoms with Crippen molar-refractivity contribution in [2.45, 2.75) is 6.18 Å². The van der Waals surface area contributed by atoms with Crippen LogP contribution in [0.4, 0.5) is 19.0 Å². The molecule has 1 aromatic carbocycles. The molecule has 7 nitrogen and oxygen atoms in total. The van der Waals surface area contributed by atoms with Gasteiger partial charge in [0.25, 0.3) is 5.91 Å². The van der Waals surface area contributed by atoms with Crippen molar-refractivity contribution in [3.05, 3.63) is 60.0 Å². The Morgan fingerprint density at radius 2 is 1.59 bits per heavy atom. The molecular formula is C22H21F3N6O. The summed E-state index contributed by atoms with van der Waals surface area (Å²) in [6, 6.07) is 9.12. The van der Waals surface area contributed by atoms with Crippen molar-refractivity contribution in [1.82, 2.24) is 24.8 Å². The number of pyridine rings is 1. The molecule has 166 valence electrons. The van der Waals surface area contributed by atoms with Crippen LogP contribution in [0.2, 0.25) is 0 Å². The quantitative estimate of drug-likeness (QED) is 0.670. The van der Waals surface area contributed by atoms with E-state index in [9.17, 15) is 18.0 Å². The number of amides is 1. The topological polar surface area (TPSA) is 88.2 Å². The largest absolute Gasteiger partial charge is 0.433 e. The maximum Gasteiger partial charge on any atom is 0.433 e. The highest BCUT2D eigenvalue weighted by atomic mass is 19.4. The molecule has 1 fully saturated rings. The van der Waals surface area contributed by atoms with E-state index >= 15 is 0 Å². The number of hydrogen-bond acceptors (Lipinski definition) is 6. The van der Waals surface area contributed by atoms with Crippen molar-refractivity contribution in [2.75, 3.05) is 39.0 Å². The number of nitrogens with zero attached hydrogens (tertiary/aromatic N) is 5. The lowest BCUT2D eigenvalue weighted by Gasteiger charge is -2.32. The highest BCUT2D eigenvalue weighted by Gasteiger charge is 2.32. The average Bonchev–Trinajstić information content (AvgIpc) is 2.79. The summed E-state index contributed by atoms with van der Waals surface area (Å²) in [6.45, 7) is 3.05. The zero-order chi connectivity index (χ0) is 22.9. The number of nitrogens with two attached hydrogens (primary N) is 1. The fourth-order valence-corrected chi connectivity index (χ4v) is 3.43. The van der Waals surface area contributed by atoms with Crippen molar-refractivity contribution in [3.63, 3.8) is 0 Å². The second kappa shape index (κ2) is 8.54. The van der Waals surface area contributed by atoms with Crippen LogP contribution < -0.4 is 5.73 Å². The second-order valence-electron chi connectivity index (χ2n) is 7.59. The van der Waals surface area contributed by atoms with E-state index in [0.717, 1.165) is 25.4 Å². The van der Waals surface area contributed by atoms with Crippen LogP contribution in [-0.2, 0) is 6.18 Å². The molecule has 1 aliphatic rings. The van der Waals surface area contributed by atoms with Crippen LogP contribution in [0.5, 0.6) is 0 Å². The SMILES string of the molecule is CN1CCN(C(=O)c2ccc(-c3cnc(N)c(-c4ccc(C(F)(F)F)nc4)n3)cc2)CC1. The van der Waals surface area contributed by atoms with E-state index in [0.29, 0.717) is 35.5 Å². The molecule has 32 heavy (non-hydrogen) atoms. The van der Waals surface area contributed by atoms with Crippen LogP contribution in [0.25, 0.3) is 22.5 Å². The van der Waals surface area contributed by atoms with Gasteiger partial charge in [0, 0.05) is 49.1 Å². The number of carbonyl (C=O) groups is 1. The van der Waals surface area contributed by atoms with Gasteiger partial charge < -0.3 is 15.5 Å². The third-order valence-electron chi connectivity index (χ3n) is 5.35. The van der Waals surface area contributed by atoms with Crippen molar-refractivity contribution >= 4 is 11.7 Å². The third-order valence-corrected chi connectivity index (χ3v) is 5.35. The van der Waals surface area contributed by atoms with E-state index in [-0.39, 0.29) is 17.4 Å². The van der Waals surface area contributed by atoms with Crippen molar-refractivity contribution in [1.29, 1.82) is 0 Å². The minimum absolute atomic E-state index is 0.0236. The van der Waals surface area contributed by atoms with Gasteiger partial charge in [0.2, 0.25) is 0 Å². The zero-order valence-corrected chi connectivity index (χ0v) is 17.3. The second-order valence-corrected chi connectivity index (χ2v) is 7.59. The lowest BCUT2D eigenvalue weighted by molar-refractivity contribution is -0.141. The average molecular weight is 442 g/mol. The van der Waals surface area contributed by atoms with Crippen LogP contribution in [0.15, 0.2) is 48.8 Å². The Labute approximate surface area is 182 Å². The zero-order valence-electron chi connectivity index (χ0n) is 17.3. The monoisotopic (exact) mass is 442 g/mol. The molecule has 1 aliphatic heterocycles. The number of halogens is 3. The number of piperazine rings is 1. The van der Waals surface area contributed by atoms with Gasteiger partial charge in [0.05, 0.1) is 11.9 Å². The molecular weight excluding hydrogens is 421 g/mol. The van der Waals surface area contributed by atoms with Gasteiger partial charge in [-0.1, -0.05) is 12.1 Å². The van der Waals surface area contributed by atoms with E-state index in [1.54, 1.807) is 24.3 Å². The van der Waals surface area contributed by atoms with E-state index < -0.39 is 11.9 Å². The van der Waals surface area contributed by atoms with E-state index in [2.05, 4.69) is 19.9 Å². The first kappa shape index (κ1) is 21.7. The number of nitrogen functional groups attached to an aromatic ring is 1. The van der Waals surface area contributed by atoms with Gasteiger partial charge in [-0.05, 0) is 31.3 Å². The third kappa shape index (κ3) is 4.54. The molecule has 1 amide bonds. The molecule has 0 saturated carbocycles. The van der Waals surface area contributed by atoms with E-state index in [1.165, 1.54) is 12.3 Å². The van der Waals surface area contributed by atoms with Crippen molar-refractivity contribution < 1.29 is 18.0 Å². The summed E-state index contributed by atoms with van der Waals surface area (Å²) in [6.07, 6.45) is -1.97. The number of alkyl halides is 3. The fourth-order valence-electron chi connectivity index (χ4n) is 3.43. The Morgan fingerprint density at radius 1 is 0.938 bits per heavy atom. The first-order chi connectivity index (χ1) is 15.2. The minimum atomic E-state index is -4.53. The van der Waals surface area contributed by atoms with E-state index in [1.807, 2.05) is 11.9 Å². The molecule has 0 spiro atoms. The lowest BCUT2D eigenvalue weighted by atomic mass is 10.1. The van der Waals surface area contributed by atoms with Gasteiger partial charge in [0.1, 0.15) is 17.2 Å². The first-order valence-corrected chi connectivity index (χ1v) is 9.97. The molecule has 0 aliphatic carbocycles. The molecule has 4 rings (SSSR count). The van der Waals surface area contributed by atoms with Crippen LogP contribution in [-0.4, -0.2) is 63.9 Å². The Kier molecular flexibility index (Phi) is 5.79. The van der Waals surface area contributed by atoms with Crippen LogP contribution in [0.3, 0.4) is 0 Å². The maximum absolute atomic E-state index is 12.8. The Morgan fingerprint density at radius 3 is 2.19 bits per heavy atom. The Bertz CT molecular complexity index is 1110. The number of rotatable bonds is 3. The summed E-state index contributed by atoms with van der Waals surface area (Å²) in [7, 11) is 2.03. The molecule has 2 aromatic heterocycles. The molecule has 2 N–H and O–H groups in total. The molecule has 0 unspecified atom stereocenters. The van der Waals surface area contributed by atoms with E-state index in [4.69, 9.17) is 5.73 Å². The van der Waals surface area contributed by atoms with Crippen LogP contribution in [0, 0.1) is 0 Å². The van der Waals surface area contributed by atoms with Gasteiger partial charge in [-0.2, -0.15) is 13.2 Å². The maximum atomic E-state index is 12.8. The normalized spacial score (nSPS) is 15.1. The molecule has 3 aromatic rings. The molecule has 10 heteroatoms. The number of carbonyl (C=O) groups excluding carboxylic acids is 1. The standard InChI is InChI=1S/C22H21F3N6O/c1-30-8-10-31(11-9-30)21(32)15-4-2-14(3-5-15)17-13-28-20(26)19(29-17)16-6-7-18(27-12-16)22(23,24)25/h2-7,12-13H,8-11H2,1H3,(H2,26,28). The summed E-state index contributed by atoms with van der Waals surface area (Å²) in [5, 5.41) is 0. The number of aromatic nitrogens is 3. The lowest BCUT2D eigenvalue weighted by Crippen LogP contribution is -2.47. The van der Waals surface area contributed by atoms with Gasteiger partial charge in [-0.25, -0.2) is 9.97 Å². The summed E-state index contributed by atoms with van der Waals surface area (Å²) >= 11 is 0. The summed E-state index contributed by atoms with van der Waals surface area (Å²) < 4.78 is 38.3. The Hall–Kier alpha value is -3.53. The van der Waals surface area contributed by atoms with Gasteiger partial charge in [-0.15, -0.1) is 0 Å². The van der Waals surface area contributed by atoms with Gasteiger partial charge in [0.15, 0.2) is 0 Å². The van der Waals surface area contributed by atoms with Gasteiger partial charge in [-0.3, -0.25) is 9.78 Å². The number of likely N-dealkylation sites (N-methyl/N-ethyl adjacent to an activating group) is 1. The summed E-state index contributed by atoms with van der Waals surface area (Å²) in [5.41, 5.74) is 7.23. The number of benzene rings is 1. The molecule has 0 atom stereocenters. The smallest absolute Gasteiger partial charge is 0.382 e. The number of hydrogen-bond donors (Lipinski definition) is 1. The molecule has 1 saturated heterocycles. The summed E-state index contributed by atoms with van der Waals surface area (Å²) in [4.78, 5) is 28.8. The molecule has 0 radical (unpaired) electrons. The van der Waals surface area contributed by atoms with Crippen molar-refractivity contribution in [2.24, 2.45) is 0 Å². The van der Waals surface area contributed by atoms with Crippen LogP contribution in [0.1, 0.15) is 16.1 Å². The molecule has 3 heterocycles. The predicted molar refractivity (Wildman–Crippen MR) is 114 cm³/mol. The number of anilines is 1. The van der Waals surface area contributed by atoms with Crippen molar-refractivity contribution in [3.8, 4) is 22.5 Å². The highest BCUT2D eigenvalue weighted by molar-refractivity contribution is 5.94. The fraction of sp³-hybridized carbons (Fsp3) is 0.273.